The second-order valence-electron chi connectivity index (χ2n) is 7.40. The van der Waals surface area contributed by atoms with Crippen molar-refractivity contribution in [1.29, 1.82) is 0 Å². The summed E-state index contributed by atoms with van der Waals surface area (Å²) < 4.78 is 11.1. The van der Waals surface area contributed by atoms with E-state index in [-0.39, 0.29) is 11.6 Å². The highest BCUT2D eigenvalue weighted by Crippen LogP contribution is 2.36. The Kier molecular flexibility index (Phi) is 6.09. The Morgan fingerprint density at radius 2 is 2.07 bits per heavy atom. The molecule has 1 aliphatic rings. The van der Waals surface area contributed by atoms with E-state index < -0.39 is 0 Å². The highest BCUT2D eigenvalue weighted by atomic mass is 16.5. The molecule has 2 aromatic heterocycles. The van der Waals surface area contributed by atoms with E-state index in [4.69, 9.17) is 14.5 Å². The zero-order valence-electron chi connectivity index (χ0n) is 17.3. The summed E-state index contributed by atoms with van der Waals surface area (Å²) in [5.74, 6) is 2.02. The molecule has 3 aromatic rings. The van der Waals surface area contributed by atoms with Crippen LogP contribution in [0, 0.1) is 0 Å². The van der Waals surface area contributed by atoms with Gasteiger partial charge in [0.1, 0.15) is 5.82 Å². The summed E-state index contributed by atoms with van der Waals surface area (Å²) in [7, 11) is 3.30. The summed E-state index contributed by atoms with van der Waals surface area (Å²) in [6.45, 7) is 1.63. The van der Waals surface area contributed by atoms with Crippen molar-refractivity contribution in [1.82, 2.24) is 19.9 Å². The average molecular weight is 406 g/mol. The number of H-pyrrole nitrogens is 1. The molecule has 1 aliphatic heterocycles. The predicted octanol–water partition coefficient (Wildman–Crippen LogP) is 3.58. The molecule has 1 aromatic carbocycles. The lowest BCUT2D eigenvalue weighted by Gasteiger charge is -2.35. The van der Waals surface area contributed by atoms with Gasteiger partial charge in [0.2, 0.25) is 0 Å². The standard InChI is InChI=1S/C23H26N4O3/c1-29-20-10-5-7-17(22(20)30-2)15-27-12-4-3-9-19(27)18-13-21(28)26-23(25-18)16-8-6-11-24-14-16/h5-8,10-11,13-14,19H,3-4,9,12,15H2,1-2H3,(H,25,26,28)/t19-/m0/s1. The molecule has 1 fully saturated rings. The summed E-state index contributed by atoms with van der Waals surface area (Å²) in [6.07, 6.45) is 6.58. The number of para-hydroxylation sites is 1. The van der Waals surface area contributed by atoms with Crippen LogP contribution in [0.2, 0.25) is 0 Å². The number of likely N-dealkylation sites (tertiary alicyclic amines) is 1. The molecule has 30 heavy (non-hydrogen) atoms. The maximum absolute atomic E-state index is 12.4. The van der Waals surface area contributed by atoms with Crippen molar-refractivity contribution < 1.29 is 9.47 Å². The van der Waals surface area contributed by atoms with Crippen LogP contribution in [0.1, 0.15) is 36.6 Å². The molecule has 156 valence electrons. The van der Waals surface area contributed by atoms with E-state index in [0.717, 1.165) is 54.1 Å². The average Bonchev–Trinajstić information content (AvgIpc) is 2.79. The van der Waals surface area contributed by atoms with E-state index in [1.54, 1.807) is 32.7 Å². The first kappa shape index (κ1) is 20.1. The summed E-state index contributed by atoms with van der Waals surface area (Å²) in [4.78, 5) is 26.6. The lowest BCUT2D eigenvalue weighted by atomic mass is 9.98. The third-order valence-electron chi connectivity index (χ3n) is 5.51. The SMILES string of the molecule is COc1cccc(CN2CCCC[C@H]2c2cc(=O)[nH]c(-c3cccnc3)n2)c1OC. The zero-order valence-corrected chi connectivity index (χ0v) is 17.3. The minimum Gasteiger partial charge on any atom is -0.493 e. The molecule has 4 rings (SSSR count). The maximum atomic E-state index is 12.4. The van der Waals surface area contributed by atoms with Crippen molar-refractivity contribution >= 4 is 0 Å². The van der Waals surface area contributed by atoms with Crippen LogP contribution in [0.25, 0.3) is 11.4 Å². The number of ether oxygens (including phenoxy) is 2. The number of rotatable bonds is 6. The first-order chi connectivity index (χ1) is 14.7. The van der Waals surface area contributed by atoms with Gasteiger partial charge < -0.3 is 14.5 Å². The molecule has 0 bridgehead atoms. The van der Waals surface area contributed by atoms with Crippen LogP contribution in [0.4, 0.5) is 0 Å². The summed E-state index contributed by atoms with van der Waals surface area (Å²) in [5.41, 5.74) is 2.50. The Hall–Kier alpha value is -3.19. The number of aromatic amines is 1. The van der Waals surface area contributed by atoms with Gasteiger partial charge in [-0.25, -0.2) is 4.98 Å². The van der Waals surface area contributed by atoms with Crippen molar-refractivity contribution in [3.8, 4) is 22.9 Å². The smallest absolute Gasteiger partial charge is 0.251 e. The topological polar surface area (TPSA) is 80.3 Å². The molecule has 1 N–H and O–H groups in total. The lowest BCUT2D eigenvalue weighted by Crippen LogP contribution is -2.34. The molecule has 1 atom stereocenters. The Bertz CT molecular complexity index is 1050. The largest absolute Gasteiger partial charge is 0.493 e. The number of aromatic nitrogens is 3. The molecule has 0 spiro atoms. The van der Waals surface area contributed by atoms with Gasteiger partial charge >= 0.3 is 0 Å². The van der Waals surface area contributed by atoms with E-state index in [2.05, 4.69) is 20.9 Å². The quantitative estimate of drug-likeness (QED) is 0.674. The van der Waals surface area contributed by atoms with Gasteiger partial charge in [-0.15, -0.1) is 0 Å². The summed E-state index contributed by atoms with van der Waals surface area (Å²) in [5, 5.41) is 0. The highest BCUT2D eigenvalue weighted by Gasteiger charge is 2.27. The highest BCUT2D eigenvalue weighted by molar-refractivity contribution is 5.52. The molecular formula is C23H26N4O3. The van der Waals surface area contributed by atoms with Crippen LogP contribution >= 0.6 is 0 Å². The minimum absolute atomic E-state index is 0.0624. The molecule has 0 aliphatic carbocycles. The van der Waals surface area contributed by atoms with Crippen LogP contribution in [0.3, 0.4) is 0 Å². The fourth-order valence-electron chi connectivity index (χ4n) is 4.10. The second-order valence-corrected chi connectivity index (χ2v) is 7.40. The van der Waals surface area contributed by atoms with Crippen molar-refractivity contribution in [3.05, 3.63) is 70.4 Å². The molecular weight excluding hydrogens is 380 g/mol. The zero-order chi connectivity index (χ0) is 20.9. The first-order valence-corrected chi connectivity index (χ1v) is 10.1. The monoisotopic (exact) mass is 406 g/mol. The van der Waals surface area contributed by atoms with Gasteiger partial charge in [-0.3, -0.25) is 14.7 Å². The van der Waals surface area contributed by atoms with Crippen LogP contribution in [0.5, 0.6) is 11.5 Å². The lowest BCUT2D eigenvalue weighted by molar-refractivity contribution is 0.135. The number of benzene rings is 1. The molecule has 1 saturated heterocycles. The molecule has 3 heterocycles. The van der Waals surface area contributed by atoms with Crippen molar-refractivity contribution in [2.75, 3.05) is 20.8 Å². The number of hydrogen-bond donors (Lipinski definition) is 1. The van der Waals surface area contributed by atoms with Gasteiger partial charge in [-0.2, -0.15) is 0 Å². The number of methoxy groups -OCH3 is 2. The van der Waals surface area contributed by atoms with Gasteiger partial charge in [0, 0.05) is 36.1 Å². The molecule has 0 radical (unpaired) electrons. The van der Waals surface area contributed by atoms with Gasteiger partial charge in [0.25, 0.3) is 5.56 Å². The van der Waals surface area contributed by atoms with E-state index >= 15 is 0 Å². The van der Waals surface area contributed by atoms with Gasteiger partial charge in [0.15, 0.2) is 11.5 Å². The number of piperidine rings is 1. The third kappa shape index (κ3) is 4.21. The van der Waals surface area contributed by atoms with Crippen LogP contribution in [-0.4, -0.2) is 40.6 Å². The maximum Gasteiger partial charge on any atom is 0.251 e. The van der Waals surface area contributed by atoms with E-state index in [1.807, 2.05) is 24.3 Å². The normalized spacial score (nSPS) is 16.9. The number of pyridine rings is 1. The Morgan fingerprint density at radius 1 is 1.17 bits per heavy atom. The summed E-state index contributed by atoms with van der Waals surface area (Å²) in [6, 6.07) is 11.3. The summed E-state index contributed by atoms with van der Waals surface area (Å²) >= 11 is 0. The molecule has 0 saturated carbocycles. The van der Waals surface area contributed by atoms with Gasteiger partial charge in [0.05, 0.1) is 26.0 Å². The fourth-order valence-corrected chi connectivity index (χ4v) is 4.10. The molecule has 7 nitrogen and oxygen atoms in total. The van der Waals surface area contributed by atoms with Gasteiger partial charge in [-0.1, -0.05) is 18.6 Å². The van der Waals surface area contributed by atoms with Crippen molar-refractivity contribution in [2.45, 2.75) is 31.8 Å². The third-order valence-corrected chi connectivity index (χ3v) is 5.51. The van der Waals surface area contributed by atoms with Crippen molar-refractivity contribution in [2.24, 2.45) is 0 Å². The van der Waals surface area contributed by atoms with Crippen LogP contribution in [-0.2, 0) is 6.54 Å². The van der Waals surface area contributed by atoms with Crippen LogP contribution in [0.15, 0.2) is 53.6 Å². The molecule has 0 amide bonds. The predicted molar refractivity (Wildman–Crippen MR) is 115 cm³/mol. The van der Waals surface area contributed by atoms with E-state index in [0.29, 0.717) is 12.4 Å². The Labute approximate surface area is 175 Å². The molecule has 7 heteroatoms. The second kappa shape index (κ2) is 9.09. The van der Waals surface area contributed by atoms with E-state index in [1.165, 1.54) is 0 Å². The minimum atomic E-state index is -0.150. The number of hydrogen-bond acceptors (Lipinski definition) is 6. The number of nitrogens with one attached hydrogen (secondary N) is 1. The fraction of sp³-hybridized carbons (Fsp3) is 0.348. The van der Waals surface area contributed by atoms with E-state index in [9.17, 15) is 4.79 Å². The van der Waals surface area contributed by atoms with Gasteiger partial charge in [-0.05, 0) is 37.6 Å². The molecule has 0 unspecified atom stereocenters. The first-order valence-electron chi connectivity index (χ1n) is 10.1. The van der Waals surface area contributed by atoms with Crippen LogP contribution < -0.4 is 15.0 Å². The Morgan fingerprint density at radius 3 is 2.83 bits per heavy atom. The Balaban J connectivity index is 1.67. The number of nitrogens with zero attached hydrogens (tertiary/aromatic N) is 3. The van der Waals surface area contributed by atoms with Crippen molar-refractivity contribution in [3.63, 3.8) is 0 Å².